The van der Waals surface area contributed by atoms with E-state index >= 15 is 0 Å². The number of hydrogen-bond donors (Lipinski definition) is 1. The number of carbonyl (C=O) groups excluding carboxylic acids is 1. The van der Waals surface area contributed by atoms with Crippen molar-refractivity contribution in [1.29, 1.82) is 0 Å². The molecule has 1 aromatic heterocycles. The maximum Gasteiger partial charge on any atom is 0.162 e. The first kappa shape index (κ1) is 17.4. The summed E-state index contributed by atoms with van der Waals surface area (Å²) in [6.45, 7) is 5.75. The molecule has 4 heteroatoms. The Balaban J connectivity index is 2.07. The highest BCUT2D eigenvalue weighted by atomic mass is 16.3. The van der Waals surface area contributed by atoms with Crippen molar-refractivity contribution in [2.75, 3.05) is 0 Å². The third-order valence-electron chi connectivity index (χ3n) is 4.41. The van der Waals surface area contributed by atoms with E-state index in [1.807, 2.05) is 37.3 Å². The lowest BCUT2D eigenvalue weighted by Crippen LogP contribution is -2.05. The van der Waals surface area contributed by atoms with Crippen LogP contribution in [0.1, 0.15) is 48.9 Å². The minimum atomic E-state index is -0.347. The van der Waals surface area contributed by atoms with Gasteiger partial charge in [-0.05, 0) is 49.2 Å². The summed E-state index contributed by atoms with van der Waals surface area (Å²) in [7, 11) is 0. The molecule has 0 aliphatic rings. The highest BCUT2D eigenvalue weighted by Crippen LogP contribution is 2.24. The van der Waals surface area contributed by atoms with Crippen LogP contribution >= 0.6 is 0 Å². The van der Waals surface area contributed by atoms with Crippen LogP contribution in [0.2, 0.25) is 0 Å². The number of benzene rings is 2. The summed E-state index contributed by atoms with van der Waals surface area (Å²) in [5.74, 6) is 1.11. The molecule has 25 heavy (non-hydrogen) atoms. The van der Waals surface area contributed by atoms with Gasteiger partial charge in [0.25, 0.3) is 0 Å². The number of fused-ring (bicyclic) bond motifs is 1. The van der Waals surface area contributed by atoms with E-state index in [1.54, 1.807) is 6.92 Å². The summed E-state index contributed by atoms with van der Waals surface area (Å²) in [5.41, 5.74) is 4.73. The number of carbonyl (C=O) groups is 1. The van der Waals surface area contributed by atoms with E-state index in [2.05, 4.69) is 23.6 Å². The summed E-state index contributed by atoms with van der Waals surface area (Å²) >= 11 is 0. The number of aliphatic hydroxyl groups excluding tert-OH is 1. The van der Waals surface area contributed by atoms with Crippen LogP contribution < -0.4 is 0 Å². The van der Waals surface area contributed by atoms with Gasteiger partial charge in [0.2, 0.25) is 0 Å². The quantitative estimate of drug-likeness (QED) is 0.689. The number of aryl methyl sites for hydroxylation is 1. The van der Waals surface area contributed by atoms with Crippen LogP contribution in [0.4, 0.5) is 0 Å². The summed E-state index contributed by atoms with van der Waals surface area (Å²) in [6, 6.07) is 14.0. The van der Waals surface area contributed by atoms with Gasteiger partial charge in [0.05, 0.1) is 17.1 Å². The fourth-order valence-electron chi connectivity index (χ4n) is 3.16. The first-order valence-corrected chi connectivity index (χ1v) is 8.85. The van der Waals surface area contributed by atoms with Crippen molar-refractivity contribution in [3.8, 4) is 5.69 Å². The fourth-order valence-corrected chi connectivity index (χ4v) is 3.16. The molecule has 130 valence electrons. The number of aromatic nitrogens is 2. The van der Waals surface area contributed by atoms with Crippen molar-refractivity contribution in [2.24, 2.45) is 0 Å². The molecule has 1 heterocycles. The van der Waals surface area contributed by atoms with E-state index in [-0.39, 0.29) is 11.9 Å². The highest BCUT2D eigenvalue weighted by Gasteiger charge is 2.13. The summed E-state index contributed by atoms with van der Waals surface area (Å²) < 4.78 is 2.14. The third kappa shape index (κ3) is 3.49. The smallest absolute Gasteiger partial charge is 0.162 e. The predicted molar refractivity (Wildman–Crippen MR) is 100 cm³/mol. The molecule has 3 rings (SSSR count). The zero-order chi connectivity index (χ0) is 18.0. The number of ketones is 1. The van der Waals surface area contributed by atoms with Crippen molar-refractivity contribution in [1.82, 2.24) is 9.55 Å². The van der Waals surface area contributed by atoms with Gasteiger partial charge < -0.3 is 5.11 Å². The lowest BCUT2D eigenvalue weighted by atomic mass is 10.1. The first-order valence-electron chi connectivity index (χ1n) is 8.85. The maximum absolute atomic E-state index is 12.0. The number of hydrogen-bond acceptors (Lipinski definition) is 3. The molecule has 0 saturated heterocycles. The lowest BCUT2D eigenvalue weighted by molar-refractivity contribution is 0.0988. The van der Waals surface area contributed by atoms with Gasteiger partial charge in [-0.15, -0.1) is 0 Å². The molecular weight excluding hydrogens is 312 g/mol. The minimum Gasteiger partial charge on any atom is -0.393 e. The molecule has 3 aromatic rings. The van der Waals surface area contributed by atoms with E-state index in [9.17, 15) is 9.90 Å². The molecule has 1 atom stereocenters. The Morgan fingerprint density at radius 2 is 1.88 bits per heavy atom. The Hall–Kier alpha value is -2.46. The molecule has 2 aromatic carbocycles. The highest BCUT2D eigenvalue weighted by molar-refractivity contribution is 5.99. The van der Waals surface area contributed by atoms with Gasteiger partial charge in [-0.25, -0.2) is 4.98 Å². The predicted octanol–water partition coefficient (Wildman–Crippen LogP) is 4.10. The molecule has 0 amide bonds. The summed E-state index contributed by atoms with van der Waals surface area (Å²) in [4.78, 5) is 16.7. The monoisotopic (exact) mass is 336 g/mol. The second kappa shape index (κ2) is 7.19. The van der Waals surface area contributed by atoms with Crippen molar-refractivity contribution in [2.45, 2.75) is 46.1 Å². The van der Waals surface area contributed by atoms with Crippen LogP contribution in [0.15, 0.2) is 42.5 Å². The van der Waals surface area contributed by atoms with E-state index in [0.717, 1.165) is 40.1 Å². The SMILES string of the molecule is CCC(=O)c1ccc2c(c1)nc(CC)n2-c1ccc(C[C@@H](C)O)cc1. The Bertz CT molecular complexity index is 892. The van der Waals surface area contributed by atoms with Gasteiger partial charge in [-0.3, -0.25) is 9.36 Å². The maximum atomic E-state index is 12.0. The number of imidazole rings is 1. The molecule has 0 aliphatic carbocycles. The molecule has 0 radical (unpaired) electrons. The molecule has 4 nitrogen and oxygen atoms in total. The topological polar surface area (TPSA) is 55.1 Å². The standard InChI is InChI=1S/C21H24N2O2/c1-4-20(25)16-8-11-19-18(13-16)22-21(5-2)23(19)17-9-6-15(7-10-17)12-14(3)24/h6-11,13-14,24H,4-5,12H2,1-3H3/t14-/m1/s1. The van der Waals surface area contributed by atoms with Crippen molar-refractivity contribution in [3.63, 3.8) is 0 Å². The summed E-state index contributed by atoms with van der Waals surface area (Å²) in [6.07, 6.45) is 1.60. The largest absolute Gasteiger partial charge is 0.393 e. The molecule has 0 saturated carbocycles. The Labute approximate surface area is 148 Å². The second-order valence-electron chi connectivity index (χ2n) is 6.42. The van der Waals surface area contributed by atoms with E-state index < -0.39 is 0 Å². The average molecular weight is 336 g/mol. The average Bonchev–Trinajstić information content (AvgIpc) is 2.99. The molecule has 1 N–H and O–H groups in total. The first-order chi connectivity index (χ1) is 12.0. The molecular formula is C21H24N2O2. The van der Waals surface area contributed by atoms with Crippen LogP contribution in [-0.4, -0.2) is 26.5 Å². The van der Waals surface area contributed by atoms with Crippen LogP contribution in [0.5, 0.6) is 0 Å². The molecule has 0 spiro atoms. The van der Waals surface area contributed by atoms with Crippen LogP contribution in [0.3, 0.4) is 0 Å². The van der Waals surface area contributed by atoms with Crippen LogP contribution in [0, 0.1) is 0 Å². The van der Waals surface area contributed by atoms with Crippen molar-refractivity contribution in [3.05, 3.63) is 59.4 Å². The van der Waals surface area contributed by atoms with E-state index in [0.29, 0.717) is 12.8 Å². The van der Waals surface area contributed by atoms with E-state index in [1.165, 1.54) is 0 Å². The number of aliphatic hydroxyl groups is 1. The van der Waals surface area contributed by atoms with Gasteiger partial charge in [0.1, 0.15) is 5.82 Å². The zero-order valence-electron chi connectivity index (χ0n) is 15.0. The third-order valence-corrected chi connectivity index (χ3v) is 4.41. The second-order valence-corrected chi connectivity index (χ2v) is 6.42. The molecule has 0 aliphatic heterocycles. The van der Waals surface area contributed by atoms with Crippen molar-refractivity contribution >= 4 is 16.8 Å². The van der Waals surface area contributed by atoms with Crippen molar-refractivity contribution < 1.29 is 9.90 Å². The number of rotatable bonds is 6. The lowest BCUT2D eigenvalue weighted by Gasteiger charge is -2.10. The number of Topliss-reactive ketones (excluding diaryl/α,β-unsaturated/α-hetero) is 1. The van der Waals surface area contributed by atoms with Gasteiger partial charge in [-0.2, -0.15) is 0 Å². The minimum absolute atomic E-state index is 0.136. The van der Waals surface area contributed by atoms with Crippen LogP contribution in [-0.2, 0) is 12.8 Å². The van der Waals surface area contributed by atoms with E-state index in [4.69, 9.17) is 4.98 Å². The fraction of sp³-hybridized carbons (Fsp3) is 0.333. The normalized spacial score (nSPS) is 12.5. The Morgan fingerprint density at radius 3 is 2.48 bits per heavy atom. The Kier molecular flexibility index (Phi) is 5.00. The zero-order valence-corrected chi connectivity index (χ0v) is 15.0. The van der Waals surface area contributed by atoms with Crippen LogP contribution in [0.25, 0.3) is 16.7 Å². The molecule has 0 fully saturated rings. The van der Waals surface area contributed by atoms with Gasteiger partial charge in [-0.1, -0.05) is 26.0 Å². The molecule has 0 bridgehead atoms. The summed E-state index contributed by atoms with van der Waals surface area (Å²) in [5, 5.41) is 9.53. The Morgan fingerprint density at radius 1 is 1.16 bits per heavy atom. The van der Waals surface area contributed by atoms with Gasteiger partial charge in [0, 0.05) is 24.1 Å². The number of nitrogens with zero attached hydrogens (tertiary/aromatic N) is 2. The van der Waals surface area contributed by atoms with Gasteiger partial charge in [0.15, 0.2) is 5.78 Å². The molecule has 0 unspecified atom stereocenters. The van der Waals surface area contributed by atoms with Gasteiger partial charge >= 0.3 is 0 Å².